The van der Waals surface area contributed by atoms with Gasteiger partial charge in [-0.3, -0.25) is 9.59 Å². The largest absolute Gasteiger partial charge is 0.496 e. The molecule has 1 heterocycles. The molecule has 0 unspecified atom stereocenters. The van der Waals surface area contributed by atoms with E-state index in [0.717, 1.165) is 17.0 Å². The van der Waals surface area contributed by atoms with Gasteiger partial charge in [-0.05, 0) is 13.0 Å². The number of nitrogens with zero attached hydrogens (tertiary/aromatic N) is 1. The fraction of sp³-hybridized carbons (Fsp3) is 0.250. The highest BCUT2D eigenvalue weighted by atomic mass is 16.5. The highest BCUT2D eigenvalue weighted by Gasteiger charge is 2.16. The highest BCUT2D eigenvalue weighted by Crippen LogP contribution is 2.19. The minimum Gasteiger partial charge on any atom is -0.496 e. The third-order valence-electron chi connectivity index (χ3n) is 3.23. The summed E-state index contributed by atoms with van der Waals surface area (Å²) in [4.78, 5) is 28.6. The van der Waals surface area contributed by atoms with Crippen molar-refractivity contribution < 1.29 is 9.53 Å². The molecule has 1 aromatic heterocycles. The fourth-order valence-corrected chi connectivity index (χ4v) is 2.11. The first-order valence-corrected chi connectivity index (χ1v) is 6.59. The SMILES string of the molecule is COc1ccccc1CN(C)C(=O)c1c[nH]c(C)cc1=O. The molecule has 2 rings (SSSR count). The highest BCUT2D eigenvalue weighted by molar-refractivity contribution is 5.93. The number of nitrogens with one attached hydrogen (secondary N) is 1. The topological polar surface area (TPSA) is 62.4 Å². The smallest absolute Gasteiger partial charge is 0.259 e. The Labute approximate surface area is 123 Å². The zero-order valence-corrected chi connectivity index (χ0v) is 12.3. The van der Waals surface area contributed by atoms with Crippen LogP contribution in [0.3, 0.4) is 0 Å². The van der Waals surface area contributed by atoms with Crippen molar-refractivity contribution in [2.45, 2.75) is 13.5 Å². The van der Waals surface area contributed by atoms with E-state index in [1.807, 2.05) is 24.3 Å². The van der Waals surface area contributed by atoms with E-state index in [0.29, 0.717) is 6.54 Å². The molecular formula is C16H18N2O3. The summed E-state index contributed by atoms with van der Waals surface area (Å²) in [5, 5.41) is 0. The normalized spacial score (nSPS) is 10.2. The average Bonchev–Trinajstić information content (AvgIpc) is 2.47. The Hall–Kier alpha value is -2.56. The minimum atomic E-state index is -0.317. The number of aryl methyl sites for hydroxylation is 1. The van der Waals surface area contributed by atoms with Crippen LogP contribution in [0.15, 0.2) is 41.3 Å². The van der Waals surface area contributed by atoms with Crippen LogP contribution < -0.4 is 10.2 Å². The van der Waals surface area contributed by atoms with Crippen molar-refractivity contribution in [2.75, 3.05) is 14.2 Å². The van der Waals surface area contributed by atoms with Gasteiger partial charge in [0.15, 0.2) is 5.43 Å². The Kier molecular flexibility index (Phi) is 4.42. The molecule has 1 N–H and O–H groups in total. The van der Waals surface area contributed by atoms with E-state index in [4.69, 9.17) is 4.74 Å². The van der Waals surface area contributed by atoms with Gasteiger partial charge >= 0.3 is 0 Å². The van der Waals surface area contributed by atoms with Crippen LogP contribution in [0.2, 0.25) is 0 Å². The fourth-order valence-electron chi connectivity index (χ4n) is 2.11. The summed E-state index contributed by atoms with van der Waals surface area (Å²) in [6.07, 6.45) is 1.46. The number of carbonyl (C=O) groups excluding carboxylic acids is 1. The Morgan fingerprint density at radius 1 is 1.33 bits per heavy atom. The maximum Gasteiger partial charge on any atom is 0.259 e. The van der Waals surface area contributed by atoms with Crippen molar-refractivity contribution in [3.63, 3.8) is 0 Å². The number of carbonyl (C=O) groups is 1. The molecule has 1 aromatic carbocycles. The van der Waals surface area contributed by atoms with Crippen molar-refractivity contribution in [3.8, 4) is 5.75 Å². The van der Waals surface area contributed by atoms with Crippen molar-refractivity contribution in [1.29, 1.82) is 0 Å². The lowest BCUT2D eigenvalue weighted by molar-refractivity contribution is 0.0782. The minimum absolute atomic E-state index is 0.137. The molecule has 1 amide bonds. The van der Waals surface area contributed by atoms with E-state index in [9.17, 15) is 9.59 Å². The van der Waals surface area contributed by atoms with Gasteiger partial charge in [0.05, 0.1) is 7.11 Å². The van der Waals surface area contributed by atoms with Crippen molar-refractivity contribution in [3.05, 3.63) is 63.6 Å². The standard InChI is InChI=1S/C16H18N2O3/c1-11-8-14(19)13(9-17-11)16(20)18(2)10-12-6-4-5-7-15(12)21-3/h4-9H,10H2,1-3H3,(H,17,19). The Morgan fingerprint density at radius 3 is 2.71 bits per heavy atom. The number of ether oxygens (including phenoxy) is 1. The van der Waals surface area contributed by atoms with E-state index in [1.54, 1.807) is 21.1 Å². The first-order valence-electron chi connectivity index (χ1n) is 6.59. The number of H-pyrrole nitrogens is 1. The Balaban J connectivity index is 2.22. The summed E-state index contributed by atoms with van der Waals surface area (Å²) >= 11 is 0. The number of aromatic amines is 1. The number of rotatable bonds is 4. The second-order valence-electron chi connectivity index (χ2n) is 4.87. The molecule has 0 saturated heterocycles. The molecule has 0 fully saturated rings. The number of methoxy groups -OCH3 is 1. The van der Waals surface area contributed by atoms with Crippen LogP contribution in [-0.4, -0.2) is 29.9 Å². The van der Waals surface area contributed by atoms with Crippen LogP contribution in [0, 0.1) is 6.92 Å². The predicted octanol–water partition coefficient (Wildman–Crippen LogP) is 1.96. The Bertz CT molecular complexity index is 707. The lowest BCUT2D eigenvalue weighted by Gasteiger charge is -2.18. The molecular weight excluding hydrogens is 268 g/mol. The summed E-state index contributed by atoms with van der Waals surface area (Å²) in [6, 6.07) is 8.90. The van der Waals surface area contributed by atoms with Crippen LogP contribution in [-0.2, 0) is 6.54 Å². The molecule has 0 aliphatic heterocycles. The Morgan fingerprint density at radius 2 is 2.05 bits per heavy atom. The summed E-state index contributed by atoms with van der Waals surface area (Å²) in [5.41, 5.74) is 1.48. The molecule has 5 nitrogen and oxygen atoms in total. The van der Waals surface area contributed by atoms with E-state index < -0.39 is 0 Å². The zero-order chi connectivity index (χ0) is 15.4. The first kappa shape index (κ1) is 14.8. The zero-order valence-electron chi connectivity index (χ0n) is 12.3. The third kappa shape index (κ3) is 3.31. The van der Waals surface area contributed by atoms with Gasteiger partial charge in [-0.2, -0.15) is 0 Å². The predicted molar refractivity (Wildman–Crippen MR) is 80.6 cm³/mol. The van der Waals surface area contributed by atoms with Crippen molar-refractivity contribution >= 4 is 5.91 Å². The summed E-state index contributed by atoms with van der Waals surface area (Å²) in [5.74, 6) is 0.400. The molecule has 0 bridgehead atoms. The molecule has 2 aromatic rings. The molecule has 0 radical (unpaired) electrons. The van der Waals surface area contributed by atoms with E-state index >= 15 is 0 Å². The summed E-state index contributed by atoms with van der Waals surface area (Å²) in [7, 11) is 3.25. The molecule has 21 heavy (non-hydrogen) atoms. The molecule has 0 saturated carbocycles. The van der Waals surface area contributed by atoms with Crippen LogP contribution in [0.1, 0.15) is 21.6 Å². The molecule has 0 aliphatic rings. The van der Waals surface area contributed by atoms with Crippen LogP contribution in [0.4, 0.5) is 0 Å². The quantitative estimate of drug-likeness (QED) is 0.934. The van der Waals surface area contributed by atoms with Crippen LogP contribution in [0.25, 0.3) is 0 Å². The maximum absolute atomic E-state index is 12.3. The van der Waals surface area contributed by atoms with Gasteiger partial charge in [0.2, 0.25) is 0 Å². The number of hydrogen-bond donors (Lipinski definition) is 1. The third-order valence-corrected chi connectivity index (χ3v) is 3.23. The molecule has 0 aliphatic carbocycles. The number of aromatic nitrogens is 1. The second kappa shape index (κ2) is 6.26. The van der Waals surface area contributed by atoms with Gasteiger partial charge in [0, 0.05) is 37.1 Å². The lowest BCUT2D eigenvalue weighted by atomic mass is 10.1. The molecule has 110 valence electrons. The van der Waals surface area contributed by atoms with Gasteiger partial charge in [-0.15, -0.1) is 0 Å². The molecule has 0 spiro atoms. The number of pyridine rings is 1. The van der Waals surface area contributed by atoms with Crippen LogP contribution in [0.5, 0.6) is 5.75 Å². The first-order chi connectivity index (χ1) is 10.0. The lowest BCUT2D eigenvalue weighted by Crippen LogP contribution is -2.30. The molecule has 0 atom stereocenters. The van der Waals surface area contributed by atoms with Crippen molar-refractivity contribution in [1.82, 2.24) is 9.88 Å². The second-order valence-corrected chi connectivity index (χ2v) is 4.87. The summed E-state index contributed by atoms with van der Waals surface area (Å²) < 4.78 is 5.27. The van der Waals surface area contributed by atoms with Crippen molar-refractivity contribution in [2.24, 2.45) is 0 Å². The van der Waals surface area contributed by atoms with Crippen LogP contribution >= 0.6 is 0 Å². The number of para-hydroxylation sites is 1. The number of amides is 1. The monoisotopic (exact) mass is 286 g/mol. The van der Waals surface area contributed by atoms with Gasteiger partial charge in [-0.25, -0.2) is 0 Å². The van der Waals surface area contributed by atoms with Gasteiger partial charge in [0.25, 0.3) is 5.91 Å². The van der Waals surface area contributed by atoms with Gasteiger partial charge in [0.1, 0.15) is 11.3 Å². The molecule has 5 heteroatoms. The average molecular weight is 286 g/mol. The number of benzene rings is 1. The summed E-state index contributed by atoms with van der Waals surface area (Å²) in [6.45, 7) is 2.14. The van der Waals surface area contributed by atoms with E-state index in [2.05, 4.69) is 4.98 Å². The van der Waals surface area contributed by atoms with E-state index in [-0.39, 0.29) is 16.9 Å². The van der Waals surface area contributed by atoms with Gasteiger partial charge in [-0.1, -0.05) is 18.2 Å². The van der Waals surface area contributed by atoms with E-state index in [1.165, 1.54) is 17.2 Å². The number of hydrogen-bond acceptors (Lipinski definition) is 3. The van der Waals surface area contributed by atoms with Gasteiger partial charge < -0.3 is 14.6 Å². The maximum atomic E-state index is 12.3.